The van der Waals surface area contributed by atoms with Crippen LogP contribution in [0.3, 0.4) is 0 Å². The Morgan fingerprint density at radius 1 is 1.07 bits per heavy atom. The fourth-order valence-corrected chi connectivity index (χ4v) is 3.62. The van der Waals surface area contributed by atoms with Crippen LogP contribution in [0.1, 0.15) is 5.56 Å². The average Bonchev–Trinajstić information content (AvgIpc) is 3.16. The minimum atomic E-state index is -0.306. The molecular formula is C20H15ClN4O2S. The van der Waals surface area contributed by atoms with Gasteiger partial charge in [0.05, 0.1) is 28.0 Å². The second-order valence-electron chi connectivity index (χ2n) is 5.86. The Hall–Kier alpha value is -2.90. The first-order valence-electron chi connectivity index (χ1n) is 8.48. The van der Waals surface area contributed by atoms with E-state index in [-0.39, 0.29) is 18.3 Å². The van der Waals surface area contributed by atoms with Crippen molar-refractivity contribution in [1.82, 2.24) is 19.7 Å². The molecule has 2 aromatic carbocycles. The van der Waals surface area contributed by atoms with Crippen molar-refractivity contribution in [2.75, 3.05) is 5.75 Å². The second kappa shape index (κ2) is 8.41. The van der Waals surface area contributed by atoms with E-state index in [1.807, 2.05) is 48.5 Å². The average molecular weight is 411 g/mol. The fraction of sp³-hybridized carbons (Fsp3) is 0.100. The van der Waals surface area contributed by atoms with E-state index in [1.165, 1.54) is 18.1 Å². The molecule has 0 saturated heterocycles. The van der Waals surface area contributed by atoms with E-state index >= 15 is 0 Å². The van der Waals surface area contributed by atoms with Gasteiger partial charge in [-0.05, 0) is 17.7 Å². The second-order valence-corrected chi connectivity index (χ2v) is 7.23. The van der Waals surface area contributed by atoms with Crippen molar-refractivity contribution in [1.29, 1.82) is 0 Å². The van der Waals surface area contributed by atoms with Crippen LogP contribution < -0.4 is 0 Å². The van der Waals surface area contributed by atoms with Crippen LogP contribution in [0.25, 0.3) is 16.7 Å². The number of aromatic nitrogens is 4. The van der Waals surface area contributed by atoms with E-state index in [0.29, 0.717) is 15.7 Å². The van der Waals surface area contributed by atoms with Gasteiger partial charge in [-0.1, -0.05) is 65.8 Å². The van der Waals surface area contributed by atoms with Crippen molar-refractivity contribution >= 4 is 40.4 Å². The van der Waals surface area contributed by atoms with E-state index < -0.39 is 0 Å². The van der Waals surface area contributed by atoms with E-state index in [0.717, 1.165) is 16.6 Å². The number of halogens is 1. The lowest BCUT2D eigenvalue weighted by Gasteiger charge is -2.06. The molecule has 0 radical (unpaired) electrons. The van der Waals surface area contributed by atoms with E-state index in [2.05, 4.69) is 15.1 Å². The van der Waals surface area contributed by atoms with Crippen molar-refractivity contribution in [3.05, 3.63) is 77.7 Å². The maximum atomic E-state index is 12.1. The van der Waals surface area contributed by atoms with E-state index in [9.17, 15) is 4.79 Å². The fourth-order valence-electron chi connectivity index (χ4n) is 2.64. The zero-order valence-electron chi connectivity index (χ0n) is 14.7. The van der Waals surface area contributed by atoms with Crippen molar-refractivity contribution in [3.63, 3.8) is 0 Å². The van der Waals surface area contributed by atoms with Gasteiger partial charge in [-0.15, -0.1) is 0 Å². The maximum Gasteiger partial charge on any atom is 0.316 e. The summed E-state index contributed by atoms with van der Waals surface area (Å²) in [5, 5.41) is 6.38. The van der Waals surface area contributed by atoms with Gasteiger partial charge >= 0.3 is 5.97 Å². The van der Waals surface area contributed by atoms with Crippen molar-refractivity contribution in [2.45, 2.75) is 11.6 Å². The molecule has 0 atom stereocenters. The van der Waals surface area contributed by atoms with Crippen LogP contribution in [-0.2, 0) is 16.1 Å². The van der Waals surface area contributed by atoms with Gasteiger partial charge in [0, 0.05) is 0 Å². The molecule has 0 aliphatic rings. The van der Waals surface area contributed by atoms with E-state index in [1.54, 1.807) is 16.9 Å². The molecular weight excluding hydrogens is 396 g/mol. The molecule has 0 fully saturated rings. The summed E-state index contributed by atoms with van der Waals surface area (Å²) in [7, 11) is 0. The first-order valence-corrected chi connectivity index (χ1v) is 9.85. The SMILES string of the molecule is O=C(CSc1ncnc2c1cnn2-c1ccccc1Cl)OCc1ccccc1. The Bertz CT molecular complexity index is 1120. The summed E-state index contributed by atoms with van der Waals surface area (Å²) in [5.41, 5.74) is 2.31. The smallest absolute Gasteiger partial charge is 0.316 e. The van der Waals surface area contributed by atoms with Crippen molar-refractivity contribution in [3.8, 4) is 5.69 Å². The predicted octanol–water partition coefficient (Wildman–Crippen LogP) is 4.30. The highest BCUT2D eigenvalue weighted by atomic mass is 35.5. The molecule has 0 N–H and O–H groups in total. The monoisotopic (exact) mass is 410 g/mol. The molecule has 140 valence electrons. The first-order chi connectivity index (χ1) is 13.7. The predicted molar refractivity (Wildman–Crippen MR) is 109 cm³/mol. The number of carbonyl (C=O) groups is 1. The lowest BCUT2D eigenvalue weighted by molar-refractivity contribution is -0.141. The molecule has 0 unspecified atom stereocenters. The number of ether oxygens (including phenoxy) is 1. The van der Waals surface area contributed by atoms with Gasteiger partial charge in [0.25, 0.3) is 0 Å². The molecule has 4 rings (SSSR count). The number of benzene rings is 2. The third-order valence-corrected chi connectivity index (χ3v) is 5.28. The number of carbonyl (C=O) groups excluding carboxylic acids is 1. The van der Waals surface area contributed by atoms with Crippen LogP contribution in [0.2, 0.25) is 5.02 Å². The van der Waals surface area contributed by atoms with Gasteiger partial charge < -0.3 is 4.74 Å². The standard InChI is InChI=1S/C20H15ClN4O2S/c21-16-8-4-5-9-17(16)25-19-15(10-24-25)20(23-13-22-19)28-12-18(26)27-11-14-6-2-1-3-7-14/h1-10,13H,11-12H2. The van der Waals surface area contributed by atoms with Crippen LogP contribution in [-0.4, -0.2) is 31.5 Å². The van der Waals surface area contributed by atoms with E-state index in [4.69, 9.17) is 16.3 Å². The molecule has 4 aromatic rings. The highest BCUT2D eigenvalue weighted by molar-refractivity contribution is 8.00. The van der Waals surface area contributed by atoms with Crippen LogP contribution in [0.4, 0.5) is 0 Å². The molecule has 0 bridgehead atoms. The summed E-state index contributed by atoms with van der Waals surface area (Å²) in [4.78, 5) is 20.7. The first kappa shape index (κ1) is 18.5. The molecule has 0 spiro atoms. The summed E-state index contributed by atoms with van der Waals surface area (Å²) in [6.45, 7) is 0.254. The van der Waals surface area contributed by atoms with Crippen molar-refractivity contribution < 1.29 is 9.53 Å². The summed E-state index contributed by atoms with van der Waals surface area (Å²) < 4.78 is 6.97. The molecule has 28 heavy (non-hydrogen) atoms. The van der Waals surface area contributed by atoms with Crippen molar-refractivity contribution in [2.24, 2.45) is 0 Å². The molecule has 0 saturated carbocycles. The van der Waals surface area contributed by atoms with Crippen LogP contribution in [0.5, 0.6) is 0 Å². The molecule has 0 aliphatic carbocycles. The summed E-state index contributed by atoms with van der Waals surface area (Å²) >= 11 is 7.57. The number of thioether (sulfide) groups is 1. The highest BCUT2D eigenvalue weighted by Gasteiger charge is 2.14. The Balaban J connectivity index is 1.47. The lowest BCUT2D eigenvalue weighted by atomic mass is 10.2. The minimum Gasteiger partial charge on any atom is -0.460 e. The van der Waals surface area contributed by atoms with Crippen LogP contribution >= 0.6 is 23.4 Å². The topological polar surface area (TPSA) is 69.9 Å². The number of hydrogen-bond acceptors (Lipinski definition) is 6. The zero-order chi connectivity index (χ0) is 19.3. The Morgan fingerprint density at radius 2 is 1.86 bits per heavy atom. The summed E-state index contributed by atoms with van der Waals surface area (Å²) in [6.07, 6.45) is 3.13. The number of para-hydroxylation sites is 1. The molecule has 6 nitrogen and oxygen atoms in total. The lowest BCUT2D eigenvalue weighted by Crippen LogP contribution is -2.07. The normalized spacial score (nSPS) is 10.9. The summed E-state index contributed by atoms with van der Waals surface area (Å²) in [6, 6.07) is 17.0. The van der Waals surface area contributed by atoms with Gasteiger partial charge in [-0.3, -0.25) is 4.79 Å². The number of nitrogens with zero attached hydrogens (tertiary/aromatic N) is 4. The largest absolute Gasteiger partial charge is 0.460 e. The molecule has 0 amide bonds. The molecule has 8 heteroatoms. The van der Waals surface area contributed by atoms with Gasteiger partial charge in [0.2, 0.25) is 0 Å². The minimum absolute atomic E-state index is 0.149. The van der Waals surface area contributed by atoms with Gasteiger partial charge in [-0.2, -0.15) is 5.10 Å². The number of hydrogen-bond donors (Lipinski definition) is 0. The summed E-state index contributed by atoms with van der Waals surface area (Å²) in [5.74, 6) is -0.157. The Morgan fingerprint density at radius 3 is 2.68 bits per heavy atom. The maximum absolute atomic E-state index is 12.1. The van der Waals surface area contributed by atoms with Gasteiger partial charge in [-0.25, -0.2) is 14.6 Å². The molecule has 2 heterocycles. The van der Waals surface area contributed by atoms with Crippen LogP contribution in [0.15, 0.2) is 72.1 Å². The Kier molecular flexibility index (Phi) is 5.55. The van der Waals surface area contributed by atoms with Gasteiger partial charge in [0.15, 0.2) is 5.65 Å². The third-order valence-electron chi connectivity index (χ3n) is 3.98. The number of esters is 1. The number of rotatable bonds is 6. The van der Waals surface area contributed by atoms with Crippen LogP contribution in [0, 0.1) is 0 Å². The van der Waals surface area contributed by atoms with Gasteiger partial charge in [0.1, 0.15) is 18.0 Å². The quantitative estimate of drug-likeness (QED) is 0.268. The Labute approximate surface area is 170 Å². The molecule has 0 aliphatic heterocycles. The highest BCUT2D eigenvalue weighted by Crippen LogP contribution is 2.28. The number of fused-ring (bicyclic) bond motifs is 1. The molecule has 2 aromatic heterocycles. The third kappa shape index (κ3) is 4.00. The zero-order valence-corrected chi connectivity index (χ0v) is 16.2.